The van der Waals surface area contributed by atoms with Crippen LogP contribution in [0.25, 0.3) is 10.9 Å². The van der Waals surface area contributed by atoms with E-state index in [9.17, 15) is 9.59 Å². The molecule has 0 radical (unpaired) electrons. The maximum atomic E-state index is 12.1. The highest BCUT2D eigenvalue weighted by Gasteiger charge is 2.09. The molecule has 0 fully saturated rings. The minimum atomic E-state index is -0.417. The molecule has 17 heavy (non-hydrogen) atoms. The van der Waals surface area contributed by atoms with Crippen molar-refractivity contribution in [2.24, 2.45) is 0 Å². The molecule has 0 aliphatic carbocycles. The van der Waals surface area contributed by atoms with Gasteiger partial charge in [-0.1, -0.05) is 17.7 Å². The Morgan fingerprint density at radius 2 is 2.18 bits per heavy atom. The molecule has 2 aromatic rings. The smallest absolute Gasteiger partial charge is 0.318 e. The van der Waals surface area contributed by atoms with E-state index in [2.05, 4.69) is 10.3 Å². The van der Waals surface area contributed by atoms with E-state index in [-0.39, 0.29) is 5.56 Å². The summed E-state index contributed by atoms with van der Waals surface area (Å²) in [6.07, 6.45) is 0. The lowest BCUT2D eigenvalue weighted by Gasteiger charge is -2.06. The van der Waals surface area contributed by atoms with E-state index in [0.29, 0.717) is 29.0 Å². The highest BCUT2D eigenvalue weighted by molar-refractivity contribution is 6.35. The zero-order valence-corrected chi connectivity index (χ0v) is 10.0. The van der Waals surface area contributed by atoms with Gasteiger partial charge in [-0.3, -0.25) is 9.36 Å². The Morgan fingerprint density at radius 3 is 2.88 bits per heavy atom. The van der Waals surface area contributed by atoms with Crippen LogP contribution in [0.4, 0.5) is 0 Å². The predicted octanol–water partition coefficient (Wildman–Crippen LogP) is 0.563. The van der Waals surface area contributed by atoms with Crippen LogP contribution >= 0.6 is 11.6 Å². The summed E-state index contributed by atoms with van der Waals surface area (Å²) in [7, 11) is 1.76. The van der Waals surface area contributed by atoms with Crippen molar-refractivity contribution in [3.05, 3.63) is 44.1 Å². The number of halogens is 1. The molecule has 0 amide bonds. The summed E-state index contributed by atoms with van der Waals surface area (Å²) >= 11 is 5.97. The van der Waals surface area contributed by atoms with Gasteiger partial charge in [0.1, 0.15) is 0 Å². The van der Waals surface area contributed by atoms with Crippen LogP contribution in [-0.2, 0) is 6.54 Å². The van der Waals surface area contributed by atoms with Gasteiger partial charge in [0, 0.05) is 13.1 Å². The second kappa shape index (κ2) is 4.73. The van der Waals surface area contributed by atoms with Crippen LogP contribution in [-0.4, -0.2) is 23.1 Å². The molecule has 90 valence electrons. The molecule has 1 aromatic heterocycles. The third-order valence-corrected chi connectivity index (χ3v) is 2.86. The quantitative estimate of drug-likeness (QED) is 0.840. The van der Waals surface area contributed by atoms with Crippen molar-refractivity contribution in [3.8, 4) is 0 Å². The number of fused-ring (bicyclic) bond motifs is 1. The number of benzene rings is 1. The van der Waals surface area contributed by atoms with Crippen molar-refractivity contribution in [3.63, 3.8) is 0 Å². The first-order valence-corrected chi connectivity index (χ1v) is 5.59. The first-order valence-electron chi connectivity index (χ1n) is 5.21. The Bertz CT molecular complexity index is 660. The van der Waals surface area contributed by atoms with Crippen LogP contribution in [0.2, 0.25) is 5.02 Å². The normalized spacial score (nSPS) is 10.9. The van der Waals surface area contributed by atoms with Crippen LogP contribution in [0.1, 0.15) is 0 Å². The van der Waals surface area contributed by atoms with E-state index in [1.165, 1.54) is 0 Å². The van der Waals surface area contributed by atoms with Crippen molar-refractivity contribution >= 4 is 22.5 Å². The van der Waals surface area contributed by atoms with E-state index in [0.717, 1.165) is 4.57 Å². The van der Waals surface area contributed by atoms with Crippen molar-refractivity contribution in [1.29, 1.82) is 0 Å². The van der Waals surface area contributed by atoms with Crippen LogP contribution in [0.15, 0.2) is 27.8 Å². The number of nitrogens with zero attached hydrogens (tertiary/aromatic N) is 1. The lowest BCUT2D eigenvalue weighted by molar-refractivity contribution is 0.602. The molecule has 0 aliphatic rings. The van der Waals surface area contributed by atoms with Gasteiger partial charge in [0.2, 0.25) is 0 Å². The second-order valence-corrected chi connectivity index (χ2v) is 4.06. The summed E-state index contributed by atoms with van der Waals surface area (Å²) in [5, 5.41) is 3.59. The Balaban J connectivity index is 2.74. The lowest BCUT2D eigenvalue weighted by atomic mass is 10.2. The molecule has 0 atom stereocenters. The van der Waals surface area contributed by atoms with Crippen LogP contribution in [0.3, 0.4) is 0 Å². The molecule has 2 N–H and O–H groups in total. The standard InChI is InChI=1S/C11H12ClN3O2/c1-13-5-6-15-10(16)9-7(12)3-2-4-8(9)14-11(15)17/h2-4,13H,5-6H2,1H3,(H,14,17). The molecule has 0 aliphatic heterocycles. The van der Waals surface area contributed by atoms with Gasteiger partial charge in [-0.2, -0.15) is 0 Å². The molecule has 0 spiro atoms. The number of H-pyrrole nitrogens is 1. The Kier molecular flexibility index (Phi) is 3.31. The van der Waals surface area contributed by atoms with E-state index < -0.39 is 5.69 Å². The zero-order valence-electron chi connectivity index (χ0n) is 9.29. The predicted molar refractivity (Wildman–Crippen MR) is 67.8 cm³/mol. The molecular weight excluding hydrogens is 242 g/mol. The molecule has 0 bridgehead atoms. The monoisotopic (exact) mass is 253 g/mol. The van der Waals surface area contributed by atoms with Gasteiger partial charge in [0.15, 0.2) is 0 Å². The number of hydrogen-bond acceptors (Lipinski definition) is 3. The van der Waals surface area contributed by atoms with Gasteiger partial charge in [-0.05, 0) is 19.2 Å². The van der Waals surface area contributed by atoms with Gasteiger partial charge < -0.3 is 10.3 Å². The van der Waals surface area contributed by atoms with E-state index >= 15 is 0 Å². The lowest BCUT2D eigenvalue weighted by Crippen LogP contribution is -2.37. The van der Waals surface area contributed by atoms with Crippen LogP contribution in [0.5, 0.6) is 0 Å². The van der Waals surface area contributed by atoms with Crippen molar-refractivity contribution in [2.75, 3.05) is 13.6 Å². The van der Waals surface area contributed by atoms with E-state index in [1.54, 1.807) is 25.2 Å². The summed E-state index contributed by atoms with van der Waals surface area (Å²) in [4.78, 5) is 26.5. The summed E-state index contributed by atoms with van der Waals surface area (Å²) in [5.74, 6) is 0. The second-order valence-electron chi connectivity index (χ2n) is 3.65. The number of aromatic nitrogens is 2. The maximum absolute atomic E-state index is 12.1. The number of rotatable bonds is 3. The maximum Gasteiger partial charge on any atom is 0.328 e. The summed E-state index contributed by atoms with van der Waals surface area (Å²) < 4.78 is 1.14. The van der Waals surface area contributed by atoms with E-state index in [1.807, 2.05) is 0 Å². The number of aromatic amines is 1. The molecule has 5 nitrogen and oxygen atoms in total. The topological polar surface area (TPSA) is 66.9 Å². The number of likely N-dealkylation sites (N-methyl/N-ethyl adjacent to an activating group) is 1. The summed E-state index contributed by atoms with van der Waals surface area (Å²) in [5.41, 5.74) is -0.308. The van der Waals surface area contributed by atoms with Gasteiger partial charge in [0.05, 0.1) is 15.9 Å². The zero-order chi connectivity index (χ0) is 12.4. The first-order chi connectivity index (χ1) is 8.15. The minimum Gasteiger partial charge on any atom is -0.318 e. The molecule has 1 heterocycles. The third-order valence-electron chi connectivity index (χ3n) is 2.54. The fourth-order valence-corrected chi connectivity index (χ4v) is 1.94. The van der Waals surface area contributed by atoms with Gasteiger partial charge >= 0.3 is 5.69 Å². The van der Waals surface area contributed by atoms with Crippen molar-refractivity contribution in [2.45, 2.75) is 6.54 Å². The summed E-state index contributed by atoms with van der Waals surface area (Å²) in [6.45, 7) is 0.852. The van der Waals surface area contributed by atoms with Crippen molar-refractivity contribution in [1.82, 2.24) is 14.9 Å². The Labute approximate surface area is 102 Å². The number of nitrogens with one attached hydrogen (secondary N) is 2. The molecule has 0 saturated carbocycles. The van der Waals surface area contributed by atoms with Gasteiger partial charge in [-0.25, -0.2) is 4.79 Å². The minimum absolute atomic E-state index is 0.311. The number of hydrogen-bond donors (Lipinski definition) is 2. The third kappa shape index (κ3) is 2.11. The largest absolute Gasteiger partial charge is 0.328 e. The first kappa shape index (κ1) is 11.9. The average Bonchev–Trinajstić information content (AvgIpc) is 2.28. The molecule has 2 rings (SSSR count). The average molecular weight is 254 g/mol. The van der Waals surface area contributed by atoms with Gasteiger partial charge in [0.25, 0.3) is 5.56 Å². The Morgan fingerprint density at radius 1 is 1.41 bits per heavy atom. The highest BCUT2D eigenvalue weighted by Crippen LogP contribution is 2.16. The van der Waals surface area contributed by atoms with Crippen LogP contribution < -0.4 is 16.6 Å². The SMILES string of the molecule is CNCCn1c(=O)[nH]c2cccc(Cl)c2c1=O. The van der Waals surface area contributed by atoms with E-state index in [4.69, 9.17) is 11.6 Å². The molecule has 1 aromatic carbocycles. The molecule has 0 unspecified atom stereocenters. The fraction of sp³-hybridized carbons (Fsp3) is 0.273. The summed E-state index contributed by atoms with van der Waals surface area (Å²) in [6, 6.07) is 4.98. The highest BCUT2D eigenvalue weighted by atomic mass is 35.5. The van der Waals surface area contributed by atoms with Gasteiger partial charge in [-0.15, -0.1) is 0 Å². The molecular formula is C11H12ClN3O2. The molecule has 0 saturated heterocycles. The fourth-order valence-electron chi connectivity index (χ4n) is 1.68. The van der Waals surface area contributed by atoms with Crippen molar-refractivity contribution < 1.29 is 0 Å². The molecule has 6 heteroatoms. The Hall–Kier alpha value is -1.59. The van der Waals surface area contributed by atoms with Crippen LogP contribution in [0, 0.1) is 0 Å².